The molecule has 228 valence electrons. The predicted molar refractivity (Wildman–Crippen MR) is 162 cm³/mol. The summed E-state index contributed by atoms with van der Waals surface area (Å²) in [6, 6.07) is 10.1. The number of nitrogens with one attached hydrogen (secondary N) is 1. The number of aliphatic hydroxyl groups excluding tert-OH is 1. The van der Waals surface area contributed by atoms with Gasteiger partial charge in [-0.2, -0.15) is 0 Å². The minimum Gasteiger partial charge on any atom is -0.391 e. The number of hydrogen-bond acceptors (Lipinski definition) is 5. The van der Waals surface area contributed by atoms with Crippen molar-refractivity contribution in [1.29, 1.82) is 0 Å². The highest BCUT2D eigenvalue weighted by Crippen LogP contribution is 2.37. The van der Waals surface area contributed by atoms with Gasteiger partial charge in [-0.15, -0.1) is 0 Å². The van der Waals surface area contributed by atoms with E-state index in [4.69, 9.17) is 5.73 Å². The van der Waals surface area contributed by atoms with Crippen LogP contribution in [0.5, 0.6) is 0 Å². The van der Waals surface area contributed by atoms with Crippen LogP contribution in [0.25, 0.3) is 0 Å². The lowest BCUT2D eigenvalue weighted by Gasteiger charge is -2.36. The molecule has 3 rings (SSSR count). The van der Waals surface area contributed by atoms with Gasteiger partial charge in [0.15, 0.2) is 0 Å². The van der Waals surface area contributed by atoms with Crippen LogP contribution in [-0.2, 0) is 29.0 Å². The van der Waals surface area contributed by atoms with Gasteiger partial charge in [0.05, 0.1) is 11.5 Å². The predicted octanol–water partition coefficient (Wildman–Crippen LogP) is 4.85. The fourth-order valence-electron chi connectivity index (χ4n) is 5.54. The second kappa shape index (κ2) is 15.2. The lowest BCUT2D eigenvalue weighted by molar-refractivity contribution is -0.130. The zero-order valence-electron chi connectivity index (χ0n) is 25.1. The summed E-state index contributed by atoms with van der Waals surface area (Å²) in [4.78, 5) is 33.9. The van der Waals surface area contributed by atoms with Gasteiger partial charge in [0.25, 0.3) is 5.91 Å². The van der Waals surface area contributed by atoms with Gasteiger partial charge in [-0.05, 0) is 73.9 Å². The normalized spacial score (nSPS) is 18.1. The van der Waals surface area contributed by atoms with Crippen molar-refractivity contribution in [1.82, 2.24) is 10.2 Å². The summed E-state index contributed by atoms with van der Waals surface area (Å²) < 4.78 is 27.6. The van der Waals surface area contributed by atoms with Crippen molar-refractivity contribution in [2.45, 2.75) is 84.9 Å². The van der Waals surface area contributed by atoms with Crippen molar-refractivity contribution in [3.8, 4) is 0 Å². The van der Waals surface area contributed by atoms with E-state index in [2.05, 4.69) is 17.2 Å². The third kappa shape index (κ3) is 8.79. The number of carbonyl (C=O) groups excluding carboxylic acids is 2. The van der Waals surface area contributed by atoms with Crippen molar-refractivity contribution < 1.29 is 23.5 Å². The largest absolute Gasteiger partial charge is 0.391 e. The molecule has 0 saturated carbocycles. The summed E-state index contributed by atoms with van der Waals surface area (Å²) in [5.74, 6) is -2.05. The molecule has 1 heterocycles. The van der Waals surface area contributed by atoms with Crippen molar-refractivity contribution in [3.05, 3.63) is 82.6 Å². The maximum Gasteiger partial charge on any atom is 0.268 e. The average Bonchev–Trinajstić information content (AvgIpc) is 2.94. The smallest absolute Gasteiger partial charge is 0.268 e. The van der Waals surface area contributed by atoms with Crippen LogP contribution in [0.4, 0.5) is 8.78 Å². The zero-order chi connectivity index (χ0) is 30.9. The number of nitrogens with zero attached hydrogens (tertiary/aromatic N) is 2. The number of aryl methyl sites for hydroxylation is 1. The number of benzene rings is 2. The van der Waals surface area contributed by atoms with Crippen LogP contribution >= 0.6 is 0 Å². The standard InChI is InChI=1S/C33H44F2N4O3/c1-5-11-39(12-6-2)31(41)29-19-33(18-22(4)38-29,32(42)37-21-24-10-8-9-23(7-3)13-24)20-30(40)28(36)16-25-14-26(34)17-27(35)15-25/h8-10,13-15,17-18,28,30,40H,5-7,11-12,16,19-21,36H2,1-4H3,(H,37,42)/t28-,30+,33?/m0/s1. The second-order valence-corrected chi connectivity index (χ2v) is 11.2. The third-order valence-corrected chi connectivity index (χ3v) is 7.57. The Labute approximate surface area is 247 Å². The SMILES string of the molecule is CCCN(CCC)C(=O)C1=NC(C)=CC(C[C@@H](O)[C@@H](N)Cc2cc(F)cc(F)c2)(C(=O)NCc2cccc(CC)c2)C1. The highest BCUT2D eigenvalue weighted by molar-refractivity contribution is 6.39. The molecule has 1 aliphatic heterocycles. The van der Waals surface area contributed by atoms with Crippen LogP contribution in [0, 0.1) is 17.0 Å². The molecule has 1 aliphatic rings. The number of allylic oxidation sites excluding steroid dienone is 1. The highest BCUT2D eigenvalue weighted by Gasteiger charge is 2.44. The van der Waals surface area contributed by atoms with E-state index in [9.17, 15) is 23.5 Å². The monoisotopic (exact) mass is 582 g/mol. The fourth-order valence-corrected chi connectivity index (χ4v) is 5.54. The van der Waals surface area contributed by atoms with Crippen molar-refractivity contribution in [2.75, 3.05) is 13.1 Å². The van der Waals surface area contributed by atoms with Crippen LogP contribution in [0.2, 0.25) is 0 Å². The quantitative estimate of drug-likeness (QED) is 0.296. The molecule has 0 radical (unpaired) electrons. The Balaban J connectivity index is 1.90. The van der Waals surface area contributed by atoms with Gasteiger partial charge in [0.1, 0.15) is 17.3 Å². The van der Waals surface area contributed by atoms with Gasteiger partial charge in [0, 0.05) is 43.9 Å². The van der Waals surface area contributed by atoms with E-state index in [0.29, 0.717) is 24.4 Å². The first kappa shape index (κ1) is 33.1. The summed E-state index contributed by atoms with van der Waals surface area (Å²) in [6.07, 6.45) is 2.80. The molecule has 2 aromatic carbocycles. The van der Waals surface area contributed by atoms with Crippen molar-refractivity contribution in [3.63, 3.8) is 0 Å². The molecule has 2 amide bonds. The Morgan fingerprint density at radius 2 is 1.69 bits per heavy atom. The maximum absolute atomic E-state index is 14.0. The molecule has 0 fully saturated rings. The van der Waals surface area contributed by atoms with Gasteiger partial charge in [-0.25, -0.2) is 8.78 Å². The van der Waals surface area contributed by atoms with Gasteiger partial charge < -0.3 is 21.1 Å². The third-order valence-electron chi connectivity index (χ3n) is 7.57. The molecule has 42 heavy (non-hydrogen) atoms. The molecule has 3 atom stereocenters. The van der Waals surface area contributed by atoms with E-state index in [0.717, 1.165) is 36.5 Å². The van der Waals surface area contributed by atoms with Crippen LogP contribution in [0.1, 0.15) is 70.1 Å². The molecule has 0 saturated heterocycles. The number of hydrogen-bond donors (Lipinski definition) is 3. The van der Waals surface area contributed by atoms with E-state index in [-0.39, 0.29) is 43.3 Å². The van der Waals surface area contributed by atoms with Gasteiger partial charge in [0.2, 0.25) is 5.91 Å². The number of aliphatic hydroxyl groups is 1. The molecule has 2 aromatic rings. The minimum absolute atomic E-state index is 0.000701. The molecule has 0 bridgehead atoms. The first-order chi connectivity index (χ1) is 20.0. The molecule has 4 N–H and O–H groups in total. The van der Waals surface area contributed by atoms with E-state index >= 15 is 0 Å². The minimum atomic E-state index is -1.31. The van der Waals surface area contributed by atoms with Crippen molar-refractivity contribution in [2.24, 2.45) is 16.1 Å². The van der Waals surface area contributed by atoms with E-state index in [1.807, 2.05) is 38.1 Å². The lowest BCUT2D eigenvalue weighted by Crippen LogP contribution is -2.50. The molecule has 1 unspecified atom stereocenters. The zero-order valence-corrected chi connectivity index (χ0v) is 25.1. The highest BCUT2D eigenvalue weighted by atomic mass is 19.1. The molecule has 0 spiro atoms. The Morgan fingerprint density at radius 3 is 2.31 bits per heavy atom. The van der Waals surface area contributed by atoms with Crippen molar-refractivity contribution >= 4 is 17.5 Å². The Hall–Kier alpha value is -3.43. The molecular weight excluding hydrogens is 538 g/mol. The Bertz CT molecular complexity index is 1290. The lowest BCUT2D eigenvalue weighted by atomic mass is 9.73. The first-order valence-corrected chi connectivity index (χ1v) is 14.8. The number of aliphatic imine (C=N–C) groups is 1. The summed E-state index contributed by atoms with van der Waals surface area (Å²) in [5, 5.41) is 14.3. The molecule has 7 nitrogen and oxygen atoms in total. The van der Waals surface area contributed by atoms with E-state index < -0.39 is 29.2 Å². The number of amides is 2. The summed E-state index contributed by atoms with van der Waals surface area (Å²) >= 11 is 0. The molecule has 0 aliphatic carbocycles. The van der Waals surface area contributed by atoms with Crippen LogP contribution in [0.3, 0.4) is 0 Å². The summed E-state index contributed by atoms with van der Waals surface area (Å²) in [6.45, 7) is 9.19. The Kier molecular flexibility index (Phi) is 11.9. The number of rotatable bonds is 14. The molecule has 9 heteroatoms. The topological polar surface area (TPSA) is 108 Å². The van der Waals surface area contributed by atoms with E-state index in [1.165, 1.54) is 12.1 Å². The second-order valence-electron chi connectivity index (χ2n) is 11.2. The molecular formula is C33H44F2N4O3. The number of carbonyl (C=O) groups is 2. The van der Waals surface area contributed by atoms with Gasteiger partial charge in [-0.1, -0.05) is 45.0 Å². The summed E-state index contributed by atoms with van der Waals surface area (Å²) in [7, 11) is 0. The summed E-state index contributed by atoms with van der Waals surface area (Å²) in [5.41, 5.74) is 8.15. The first-order valence-electron chi connectivity index (χ1n) is 14.8. The molecule has 0 aromatic heterocycles. The van der Waals surface area contributed by atoms with Crippen LogP contribution < -0.4 is 11.1 Å². The van der Waals surface area contributed by atoms with Crippen LogP contribution in [0.15, 0.2) is 59.2 Å². The number of nitrogens with two attached hydrogens (primary N) is 1. The van der Waals surface area contributed by atoms with Gasteiger partial charge in [-0.3, -0.25) is 14.6 Å². The van der Waals surface area contributed by atoms with E-state index in [1.54, 1.807) is 17.9 Å². The fraction of sp³-hybridized carbons (Fsp3) is 0.485. The van der Waals surface area contributed by atoms with Gasteiger partial charge >= 0.3 is 0 Å². The maximum atomic E-state index is 14.0. The Morgan fingerprint density at radius 1 is 1.05 bits per heavy atom. The number of halogens is 2. The van der Waals surface area contributed by atoms with Crippen LogP contribution in [-0.4, -0.2) is 52.8 Å². The average molecular weight is 583 g/mol.